The Hall–Kier alpha value is -0.430. The summed E-state index contributed by atoms with van der Waals surface area (Å²) in [7, 11) is -3.50. The Bertz CT molecular complexity index is 503. The maximum absolute atomic E-state index is 12.4. The van der Waals surface area contributed by atoms with Gasteiger partial charge in [-0.1, -0.05) is 12.1 Å². The third-order valence-corrected chi connectivity index (χ3v) is 5.92. The summed E-state index contributed by atoms with van der Waals surface area (Å²) in [5.41, 5.74) is 0. The second-order valence-electron chi connectivity index (χ2n) is 4.02. The van der Waals surface area contributed by atoms with Crippen LogP contribution < -0.4 is 0 Å². The number of aliphatic hydroxyl groups is 1. The number of halogens is 1. The van der Waals surface area contributed by atoms with E-state index in [4.69, 9.17) is 0 Å². The van der Waals surface area contributed by atoms with Crippen LogP contribution >= 0.6 is 15.9 Å². The Morgan fingerprint density at radius 1 is 1.41 bits per heavy atom. The van der Waals surface area contributed by atoms with Gasteiger partial charge in [0.05, 0.1) is 11.5 Å². The molecule has 6 heteroatoms. The monoisotopic (exact) mass is 319 g/mol. The third kappa shape index (κ3) is 2.40. The molecule has 0 spiro atoms. The number of sulfonamides is 1. The van der Waals surface area contributed by atoms with Crippen LogP contribution in [-0.4, -0.2) is 37.0 Å². The first-order chi connectivity index (χ1) is 8.07. The Kier molecular flexibility index (Phi) is 3.87. The number of hydrogen-bond acceptors (Lipinski definition) is 3. The fourth-order valence-electron chi connectivity index (χ4n) is 2.09. The molecule has 1 fully saturated rings. The van der Waals surface area contributed by atoms with Crippen molar-refractivity contribution in [2.24, 2.45) is 0 Å². The highest BCUT2D eigenvalue weighted by Crippen LogP contribution is 2.29. The van der Waals surface area contributed by atoms with Crippen LogP contribution in [-0.2, 0) is 10.0 Å². The van der Waals surface area contributed by atoms with E-state index < -0.39 is 10.0 Å². The Morgan fingerprint density at radius 2 is 2.12 bits per heavy atom. The number of hydrogen-bond donors (Lipinski definition) is 1. The molecular formula is C11H14BrNO3S. The largest absolute Gasteiger partial charge is 0.395 e. The lowest BCUT2D eigenvalue weighted by Crippen LogP contribution is -2.37. The Morgan fingerprint density at radius 3 is 2.76 bits per heavy atom. The van der Waals surface area contributed by atoms with Crippen molar-refractivity contribution in [1.29, 1.82) is 0 Å². The molecule has 94 valence electrons. The van der Waals surface area contributed by atoms with E-state index in [0.29, 0.717) is 11.0 Å². The minimum Gasteiger partial charge on any atom is -0.395 e. The van der Waals surface area contributed by atoms with Crippen molar-refractivity contribution in [2.45, 2.75) is 23.8 Å². The summed E-state index contributed by atoms with van der Waals surface area (Å²) in [6.45, 7) is 0.360. The lowest BCUT2D eigenvalue weighted by Gasteiger charge is -2.22. The van der Waals surface area contributed by atoms with E-state index in [1.807, 2.05) is 0 Å². The van der Waals surface area contributed by atoms with Gasteiger partial charge < -0.3 is 5.11 Å². The Labute approximate surface area is 109 Å². The molecule has 0 radical (unpaired) electrons. The first-order valence-electron chi connectivity index (χ1n) is 5.44. The van der Waals surface area contributed by atoms with Crippen LogP contribution in [0, 0.1) is 0 Å². The van der Waals surface area contributed by atoms with Gasteiger partial charge in [-0.25, -0.2) is 8.42 Å². The zero-order valence-corrected chi connectivity index (χ0v) is 11.6. The molecule has 4 nitrogen and oxygen atoms in total. The van der Waals surface area contributed by atoms with Crippen LogP contribution in [0.25, 0.3) is 0 Å². The summed E-state index contributed by atoms with van der Waals surface area (Å²) < 4.78 is 26.8. The molecule has 0 aromatic heterocycles. The molecule has 1 aromatic carbocycles. The van der Waals surface area contributed by atoms with Gasteiger partial charge in [-0.15, -0.1) is 0 Å². The van der Waals surface area contributed by atoms with E-state index in [-0.39, 0.29) is 17.5 Å². The molecule has 1 heterocycles. The van der Waals surface area contributed by atoms with Gasteiger partial charge in [-0.05, 0) is 40.9 Å². The number of nitrogens with zero attached hydrogens (tertiary/aromatic N) is 1. The number of benzene rings is 1. The summed E-state index contributed by atoms with van der Waals surface area (Å²) >= 11 is 3.25. The topological polar surface area (TPSA) is 57.6 Å². The molecule has 1 aliphatic heterocycles. The van der Waals surface area contributed by atoms with Gasteiger partial charge in [0.25, 0.3) is 0 Å². The quantitative estimate of drug-likeness (QED) is 0.920. The third-order valence-electron chi connectivity index (χ3n) is 2.96. The fraction of sp³-hybridized carbons (Fsp3) is 0.455. The highest BCUT2D eigenvalue weighted by molar-refractivity contribution is 9.10. The highest BCUT2D eigenvalue weighted by atomic mass is 79.9. The molecule has 1 aromatic rings. The molecule has 1 N–H and O–H groups in total. The number of aliphatic hydroxyl groups excluding tert-OH is 1. The van der Waals surface area contributed by atoms with Crippen molar-refractivity contribution < 1.29 is 13.5 Å². The lowest BCUT2D eigenvalue weighted by molar-refractivity contribution is 0.213. The lowest BCUT2D eigenvalue weighted by atomic mass is 10.2. The van der Waals surface area contributed by atoms with Gasteiger partial charge in [0.2, 0.25) is 10.0 Å². The minimum absolute atomic E-state index is 0.121. The molecule has 0 amide bonds. The van der Waals surface area contributed by atoms with Crippen LogP contribution in [0.3, 0.4) is 0 Å². The van der Waals surface area contributed by atoms with Gasteiger partial charge in [-0.2, -0.15) is 4.31 Å². The fourth-order valence-corrected chi connectivity index (χ4v) is 4.74. The van der Waals surface area contributed by atoms with E-state index in [9.17, 15) is 13.5 Å². The summed E-state index contributed by atoms with van der Waals surface area (Å²) in [6.07, 6.45) is 1.52. The average molecular weight is 320 g/mol. The summed E-state index contributed by atoms with van der Waals surface area (Å²) in [6, 6.07) is 6.47. The maximum Gasteiger partial charge on any atom is 0.244 e. The first kappa shape index (κ1) is 13.0. The average Bonchev–Trinajstić information content (AvgIpc) is 2.78. The van der Waals surface area contributed by atoms with E-state index >= 15 is 0 Å². The normalized spacial score (nSPS) is 21.9. The van der Waals surface area contributed by atoms with Crippen LogP contribution in [0.5, 0.6) is 0 Å². The predicted molar refractivity (Wildman–Crippen MR) is 68.1 cm³/mol. The molecule has 0 unspecified atom stereocenters. The van der Waals surface area contributed by atoms with Crippen molar-refractivity contribution >= 4 is 26.0 Å². The maximum atomic E-state index is 12.4. The molecular weight excluding hydrogens is 306 g/mol. The molecule has 17 heavy (non-hydrogen) atoms. The molecule has 1 saturated heterocycles. The van der Waals surface area contributed by atoms with Crippen molar-refractivity contribution in [2.75, 3.05) is 13.2 Å². The van der Waals surface area contributed by atoms with E-state index in [0.717, 1.165) is 12.8 Å². The minimum atomic E-state index is -3.50. The molecule has 0 aliphatic carbocycles. The second kappa shape index (κ2) is 5.06. The van der Waals surface area contributed by atoms with Crippen molar-refractivity contribution in [3.63, 3.8) is 0 Å². The van der Waals surface area contributed by atoms with Crippen LogP contribution in [0.4, 0.5) is 0 Å². The standard InChI is InChI=1S/C11H14BrNO3S/c12-10-5-1-2-6-11(10)17(15,16)13-7-3-4-9(13)8-14/h1-2,5-6,9,14H,3-4,7-8H2/t9-/m1/s1. The van der Waals surface area contributed by atoms with Crippen LogP contribution in [0.15, 0.2) is 33.6 Å². The zero-order valence-electron chi connectivity index (χ0n) is 9.21. The molecule has 2 rings (SSSR count). The molecule has 0 saturated carbocycles. The van der Waals surface area contributed by atoms with E-state index in [1.54, 1.807) is 24.3 Å². The first-order valence-corrected chi connectivity index (χ1v) is 7.68. The van der Waals surface area contributed by atoms with Crippen molar-refractivity contribution in [3.05, 3.63) is 28.7 Å². The van der Waals surface area contributed by atoms with Crippen LogP contribution in [0.1, 0.15) is 12.8 Å². The number of rotatable bonds is 3. The van der Waals surface area contributed by atoms with Crippen LogP contribution in [0.2, 0.25) is 0 Å². The van der Waals surface area contributed by atoms with Crippen molar-refractivity contribution in [3.8, 4) is 0 Å². The molecule has 1 atom stereocenters. The Balaban J connectivity index is 2.40. The summed E-state index contributed by atoms with van der Waals surface area (Å²) in [5.74, 6) is 0. The van der Waals surface area contributed by atoms with E-state index in [2.05, 4.69) is 15.9 Å². The highest BCUT2D eigenvalue weighted by Gasteiger charge is 2.35. The van der Waals surface area contributed by atoms with Crippen molar-refractivity contribution in [1.82, 2.24) is 4.31 Å². The zero-order chi connectivity index (χ0) is 12.5. The van der Waals surface area contributed by atoms with E-state index in [1.165, 1.54) is 4.31 Å². The van der Waals surface area contributed by atoms with Gasteiger partial charge in [0.1, 0.15) is 0 Å². The molecule has 1 aliphatic rings. The SMILES string of the molecule is O=S(=O)(c1ccccc1Br)N1CCC[C@@H]1CO. The van der Waals surface area contributed by atoms with Gasteiger partial charge in [0, 0.05) is 17.1 Å². The molecule has 0 bridgehead atoms. The van der Waals surface area contributed by atoms with Gasteiger partial charge in [-0.3, -0.25) is 0 Å². The predicted octanol–water partition coefficient (Wildman–Crippen LogP) is 1.59. The smallest absolute Gasteiger partial charge is 0.244 e. The van der Waals surface area contributed by atoms with Gasteiger partial charge in [0.15, 0.2) is 0 Å². The van der Waals surface area contributed by atoms with Gasteiger partial charge >= 0.3 is 0 Å². The second-order valence-corrected chi connectivity index (χ2v) is 6.74. The summed E-state index contributed by atoms with van der Waals surface area (Å²) in [4.78, 5) is 0.264. The summed E-state index contributed by atoms with van der Waals surface area (Å²) in [5, 5.41) is 9.20.